The van der Waals surface area contributed by atoms with Gasteiger partial charge in [0.1, 0.15) is 6.04 Å². The van der Waals surface area contributed by atoms with Crippen molar-refractivity contribution in [3.8, 4) is 0 Å². The van der Waals surface area contributed by atoms with Gasteiger partial charge in [0.15, 0.2) is 0 Å². The minimum absolute atomic E-state index is 0. The molecule has 0 radical (unpaired) electrons. The molecule has 3 nitrogen and oxygen atoms in total. The summed E-state index contributed by atoms with van der Waals surface area (Å²) in [6, 6.07) is 5.92. The number of esters is 1. The van der Waals surface area contributed by atoms with Gasteiger partial charge in [0.2, 0.25) is 0 Å². The highest BCUT2D eigenvalue weighted by atomic mass is 79.9. The number of methoxy groups -OCH3 is 1. The number of carbonyl (C=O) groups excluding carboxylic acids is 1. The molecule has 1 aliphatic rings. The maximum absolute atomic E-state index is 11.3. The molecule has 0 bridgehead atoms. The van der Waals surface area contributed by atoms with Crippen LogP contribution in [0.1, 0.15) is 11.1 Å². The Kier molecular flexibility index (Phi) is 4.77. The number of benzene rings is 1. The fraction of sp³-hybridized carbons (Fsp3) is 0.364. The Morgan fingerprint density at radius 3 is 2.94 bits per heavy atom. The molecule has 16 heavy (non-hydrogen) atoms. The van der Waals surface area contributed by atoms with E-state index in [0.717, 1.165) is 4.47 Å². The molecule has 0 spiro atoms. The summed E-state index contributed by atoms with van der Waals surface area (Å²) in [5.41, 5.74) is 2.46. The predicted octanol–water partition coefficient (Wildman–Crippen LogP) is 2.06. The van der Waals surface area contributed by atoms with Crippen molar-refractivity contribution in [1.82, 2.24) is 5.32 Å². The fourth-order valence-corrected chi connectivity index (χ4v) is 2.20. The molecule has 1 aromatic rings. The predicted molar refractivity (Wildman–Crippen MR) is 67.7 cm³/mol. The van der Waals surface area contributed by atoms with Gasteiger partial charge in [-0.25, -0.2) is 0 Å². The van der Waals surface area contributed by atoms with Crippen molar-refractivity contribution in [3.63, 3.8) is 0 Å². The van der Waals surface area contributed by atoms with Crippen molar-refractivity contribution in [2.75, 3.05) is 7.11 Å². The lowest BCUT2D eigenvalue weighted by atomic mass is 9.96. The number of fused-ring (bicyclic) bond motifs is 1. The van der Waals surface area contributed by atoms with E-state index in [1.54, 1.807) is 0 Å². The first-order chi connectivity index (χ1) is 7.20. The third-order valence-corrected chi connectivity index (χ3v) is 3.11. The van der Waals surface area contributed by atoms with Crippen LogP contribution < -0.4 is 5.32 Å². The lowest BCUT2D eigenvalue weighted by Crippen LogP contribution is -2.42. The van der Waals surface area contributed by atoms with Gasteiger partial charge in [-0.15, -0.1) is 12.4 Å². The monoisotopic (exact) mass is 305 g/mol. The molecule has 1 heterocycles. The maximum atomic E-state index is 11.3. The highest BCUT2D eigenvalue weighted by Crippen LogP contribution is 2.21. The van der Waals surface area contributed by atoms with Crippen LogP contribution in [0.3, 0.4) is 0 Å². The van der Waals surface area contributed by atoms with Crippen molar-refractivity contribution in [2.45, 2.75) is 19.0 Å². The highest BCUT2D eigenvalue weighted by molar-refractivity contribution is 9.10. The maximum Gasteiger partial charge on any atom is 0.323 e. The Labute approximate surface area is 109 Å². The van der Waals surface area contributed by atoms with E-state index in [0.29, 0.717) is 13.0 Å². The summed E-state index contributed by atoms with van der Waals surface area (Å²) in [4.78, 5) is 11.3. The number of ether oxygens (including phenoxy) is 1. The molecular formula is C11H13BrClNO2. The van der Waals surface area contributed by atoms with Crippen LogP contribution in [-0.2, 0) is 22.5 Å². The number of hydrogen-bond donors (Lipinski definition) is 1. The van der Waals surface area contributed by atoms with Crippen molar-refractivity contribution in [1.29, 1.82) is 0 Å². The van der Waals surface area contributed by atoms with Gasteiger partial charge in [0.25, 0.3) is 0 Å². The summed E-state index contributed by atoms with van der Waals surface area (Å²) in [5, 5.41) is 3.16. The van der Waals surface area contributed by atoms with Crippen LogP contribution >= 0.6 is 28.3 Å². The second kappa shape index (κ2) is 5.66. The lowest BCUT2D eigenvalue weighted by molar-refractivity contribution is -0.143. The molecule has 1 N–H and O–H groups in total. The van der Waals surface area contributed by atoms with Crippen LogP contribution in [0, 0.1) is 0 Å². The van der Waals surface area contributed by atoms with Crippen LogP contribution in [0.5, 0.6) is 0 Å². The molecule has 0 saturated carbocycles. The third-order valence-electron chi connectivity index (χ3n) is 2.62. The van der Waals surface area contributed by atoms with Crippen LogP contribution in [0.25, 0.3) is 0 Å². The average Bonchev–Trinajstić information content (AvgIpc) is 2.27. The Morgan fingerprint density at radius 1 is 1.50 bits per heavy atom. The molecule has 0 amide bonds. The van der Waals surface area contributed by atoms with Gasteiger partial charge in [-0.05, 0) is 29.7 Å². The summed E-state index contributed by atoms with van der Waals surface area (Å²) in [6.45, 7) is 0.717. The largest absolute Gasteiger partial charge is 0.468 e. The Hall–Kier alpha value is -0.580. The lowest BCUT2D eigenvalue weighted by Gasteiger charge is -2.24. The van der Waals surface area contributed by atoms with Gasteiger partial charge < -0.3 is 10.1 Å². The number of halogens is 2. The summed E-state index contributed by atoms with van der Waals surface area (Å²) in [5.74, 6) is -0.191. The van der Waals surface area contributed by atoms with Crippen molar-refractivity contribution >= 4 is 34.3 Å². The molecule has 0 fully saturated rings. The van der Waals surface area contributed by atoms with E-state index in [4.69, 9.17) is 4.74 Å². The first-order valence-corrected chi connectivity index (χ1v) is 5.58. The minimum Gasteiger partial charge on any atom is -0.468 e. The first kappa shape index (κ1) is 13.5. The van der Waals surface area contributed by atoms with Crippen molar-refractivity contribution in [3.05, 3.63) is 33.8 Å². The first-order valence-electron chi connectivity index (χ1n) is 4.79. The minimum atomic E-state index is -0.205. The van der Waals surface area contributed by atoms with E-state index in [1.807, 2.05) is 6.07 Å². The fourth-order valence-electron chi connectivity index (χ4n) is 1.79. The third kappa shape index (κ3) is 2.75. The molecule has 0 aliphatic carbocycles. The highest BCUT2D eigenvalue weighted by Gasteiger charge is 2.24. The van der Waals surface area contributed by atoms with Crippen LogP contribution in [0.2, 0.25) is 0 Å². The van der Waals surface area contributed by atoms with Gasteiger partial charge >= 0.3 is 5.97 Å². The van der Waals surface area contributed by atoms with E-state index in [1.165, 1.54) is 18.2 Å². The zero-order valence-electron chi connectivity index (χ0n) is 8.83. The number of carbonyl (C=O) groups is 1. The van der Waals surface area contributed by atoms with Gasteiger partial charge in [-0.1, -0.05) is 22.0 Å². The average molecular weight is 307 g/mol. The van der Waals surface area contributed by atoms with E-state index in [9.17, 15) is 4.79 Å². The second-order valence-electron chi connectivity index (χ2n) is 3.57. The SMILES string of the molecule is COC(=O)[C@@H]1Cc2ccc(Br)cc2CN1.Cl. The normalized spacial score (nSPS) is 18.2. The standard InChI is InChI=1S/C11H12BrNO2.ClH/c1-15-11(14)10-5-7-2-3-9(12)4-8(7)6-13-10;/h2-4,10,13H,5-6H2,1H3;1H/t10-;/m0./s1. The quantitative estimate of drug-likeness (QED) is 0.807. The molecule has 88 valence electrons. The topological polar surface area (TPSA) is 38.3 Å². The van der Waals surface area contributed by atoms with Crippen molar-refractivity contribution in [2.24, 2.45) is 0 Å². The molecule has 0 unspecified atom stereocenters. The van der Waals surface area contributed by atoms with E-state index in [-0.39, 0.29) is 24.4 Å². The van der Waals surface area contributed by atoms with E-state index >= 15 is 0 Å². The second-order valence-corrected chi connectivity index (χ2v) is 4.49. The Bertz CT molecular complexity index is 398. The Morgan fingerprint density at radius 2 is 2.25 bits per heavy atom. The molecule has 2 rings (SSSR count). The number of rotatable bonds is 1. The molecule has 1 atom stereocenters. The van der Waals surface area contributed by atoms with Crippen molar-refractivity contribution < 1.29 is 9.53 Å². The van der Waals surface area contributed by atoms with E-state index in [2.05, 4.69) is 33.4 Å². The van der Waals surface area contributed by atoms with Gasteiger partial charge in [0.05, 0.1) is 7.11 Å². The molecule has 1 aromatic carbocycles. The molecule has 0 aromatic heterocycles. The summed E-state index contributed by atoms with van der Waals surface area (Å²) in [6.07, 6.45) is 0.704. The number of nitrogens with one attached hydrogen (secondary N) is 1. The van der Waals surface area contributed by atoms with Crippen LogP contribution in [0.4, 0.5) is 0 Å². The molecule has 5 heteroatoms. The molecule has 1 aliphatic heterocycles. The van der Waals surface area contributed by atoms with E-state index < -0.39 is 0 Å². The Balaban J connectivity index is 0.00000128. The summed E-state index contributed by atoms with van der Waals surface area (Å²) in [7, 11) is 1.42. The van der Waals surface area contributed by atoms with Gasteiger partial charge in [0, 0.05) is 11.0 Å². The molecule has 0 saturated heterocycles. The smallest absolute Gasteiger partial charge is 0.323 e. The van der Waals surface area contributed by atoms with Crippen LogP contribution in [-0.4, -0.2) is 19.1 Å². The zero-order valence-corrected chi connectivity index (χ0v) is 11.2. The molecular weight excluding hydrogens is 293 g/mol. The zero-order chi connectivity index (χ0) is 10.8. The van der Waals surface area contributed by atoms with Crippen LogP contribution in [0.15, 0.2) is 22.7 Å². The van der Waals surface area contributed by atoms with Gasteiger partial charge in [-0.3, -0.25) is 4.79 Å². The number of hydrogen-bond acceptors (Lipinski definition) is 3. The summed E-state index contributed by atoms with van der Waals surface area (Å²) < 4.78 is 5.79. The summed E-state index contributed by atoms with van der Waals surface area (Å²) >= 11 is 3.43. The van der Waals surface area contributed by atoms with Gasteiger partial charge in [-0.2, -0.15) is 0 Å².